The van der Waals surface area contributed by atoms with E-state index in [1.165, 1.54) is 38.9 Å². The Morgan fingerprint density at radius 1 is 0.351 bits per heavy atom. The minimum absolute atomic E-state index is 0.394. The average Bonchev–Trinajstić information content (AvgIpc) is 3.98. The van der Waals surface area contributed by atoms with Crippen LogP contribution in [0.3, 0.4) is 0 Å². The summed E-state index contributed by atoms with van der Waals surface area (Å²) < 4.78 is 3.86. The van der Waals surface area contributed by atoms with Gasteiger partial charge in [-0.25, -0.2) is 29.1 Å². The lowest BCUT2D eigenvalue weighted by Crippen LogP contribution is -2.25. The van der Waals surface area contributed by atoms with E-state index in [1.807, 2.05) is 33.4 Å². The van der Waals surface area contributed by atoms with Gasteiger partial charge in [0.15, 0.2) is 5.82 Å². The summed E-state index contributed by atoms with van der Waals surface area (Å²) in [7, 11) is 0. The molecule has 9 heteroatoms. The Kier molecular flexibility index (Phi) is 5.91. The summed E-state index contributed by atoms with van der Waals surface area (Å²) >= 11 is 0. The first-order chi connectivity index (χ1) is 28.3. The molecule has 0 atom stereocenters. The minimum atomic E-state index is -0.451. The van der Waals surface area contributed by atoms with Crippen molar-refractivity contribution in [3.8, 4) is 45.5 Å². The van der Waals surface area contributed by atoms with Crippen molar-refractivity contribution in [2.45, 2.75) is 5.41 Å². The summed E-state index contributed by atoms with van der Waals surface area (Å²) in [5.41, 5.74) is 13.2. The Hall–Kier alpha value is -7.91. The largest absolute Gasteiger partial charge is 0.245 e. The molecule has 1 spiro atoms. The number of hydrogen-bond acceptors (Lipinski definition) is 7. The zero-order valence-corrected chi connectivity index (χ0v) is 30.1. The van der Waals surface area contributed by atoms with Gasteiger partial charge in [-0.15, -0.1) is 0 Å². The number of aromatic nitrogens is 9. The van der Waals surface area contributed by atoms with Gasteiger partial charge in [-0.05, 0) is 99.1 Å². The summed E-state index contributed by atoms with van der Waals surface area (Å²) in [6, 6.07) is 49.2. The van der Waals surface area contributed by atoms with Gasteiger partial charge in [0.2, 0.25) is 11.9 Å². The highest BCUT2D eigenvalue weighted by Crippen LogP contribution is 2.62. The van der Waals surface area contributed by atoms with Crippen LogP contribution in [-0.2, 0) is 5.41 Å². The topological polar surface area (TPSA) is 100 Å². The third-order valence-corrected chi connectivity index (χ3v) is 11.8. The van der Waals surface area contributed by atoms with Crippen LogP contribution in [0.5, 0.6) is 0 Å². The van der Waals surface area contributed by atoms with Crippen molar-refractivity contribution in [2.24, 2.45) is 0 Å². The van der Waals surface area contributed by atoms with Crippen LogP contribution in [-0.4, -0.2) is 44.0 Å². The molecule has 0 saturated heterocycles. The van der Waals surface area contributed by atoms with Crippen molar-refractivity contribution < 1.29 is 0 Å². The Morgan fingerprint density at radius 2 is 0.737 bits per heavy atom. The Morgan fingerprint density at radius 3 is 1.18 bits per heavy atom. The van der Waals surface area contributed by atoms with Crippen LogP contribution in [0.2, 0.25) is 0 Å². The van der Waals surface area contributed by atoms with Gasteiger partial charge in [0.25, 0.3) is 0 Å². The maximum atomic E-state index is 5.27. The Labute approximate surface area is 324 Å². The van der Waals surface area contributed by atoms with E-state index in [0.717, 1.165) is 32.7 Å². The van der Waals surface area contributed by atoms with Crippen LogP contribution < -0.4 is 0 Å². The lowest BCUT2D eigenvalue weighted by molar-refractivity contribution is 0.793. The van der Waals surface area contributed by atoms with Gasteiger partial charge in [-0.2, -0.15) is 15.0 Å². The maximum Gasteiger partial charge on any atom is 0.242 e. The molecule has 7 aromatic heterocycles. The molecule has 11 aromatic rings. The second kappa shape index (κ2) is 11.1. The summed E-state index contributed by atoms with van der Waals surface area (Å²) in [4.78, 5) is 35.1. The molecule has 0 unspecified atom stereocenters. The molecule has 0 saturated carbocycles. The molecular formula is C48H27N9. The molecule has 0 N–H and O–H groups in total. The number of benzene rings is 4. The number of pyridine rings is 4. The van der Waals surface area contributed by atoms with Crippen LogP contribution in [0.15, 0.2) is 164 Å². The molecule has 57 heavy (non-hydrogen) atoms. The molecule has 9 nitrogen and oxygen atoms in total. The molecule has 7 heterocycles. The van der Waals surface area contributed by atoms with Crippen molar-refractivity contribution >= 4 is 44.1 Å². The van der Waals surface area contributed by atoms with Gasteiger partial charge >= 0.3 is 0 Å². The van der Waals surface area contributed by atoms with E-state index < -0.39 is 5.41 Å². The van der Waals surface area contributed by atoms with Gasteiger partial charge in [-0.1, -0.05) is 84.9 Å². The van der Waals surface area contributed by atoms with Crippen molar-refractivity contribution in [1.82, 2.24) is 44.0 Å². The summed E-state index contributed by atoms with van der Waals surface area (Å²) in [5, 5.41) is 3.84. The van der Waals surface area contributed by atoms with Gasteiger partial charge in [-0.3, -0.25) is 0 Å². The molecule has 2 aliphatic carbocycles. The molecular weight excluding hydrogens is 703 g/mol. The van der Waals surface area contributed by atoms with E-state index in [-0.39, 0.29) is 0 Å². The summed E-state index contributed by atoms with van der Waals surface area (Å²) in [6.45, 7) is 0. The van der Waals surface area contributed by atoms with Gasteiger partial charge < -0.3 is 0 Å². The SMILES string of the molecule is c1ccc2c(c1)-c1ccccc1C21c2ccccc2-c2cc(-c3nc(-n4c5ncccc5c5cccnc54)nc(-n4c5ncccc5c5cccnc54)n3)ccc21. The molecule has 0 radical (unpaired) electrons. The standard InChI is InChI=1S/C48H27N9/c1-4-18-37-29(11-1)30-12-2-5-19-38(30)48(37)39-20-6-3-13-31(39)36-27-28(21-22-40(36)48)41-53-46(56-42-32(14-7-23-49-42)33-15-8-24-50-43(33)56)55-47(54-41)57-44-34(16-9-25-51-44)35-17-10-26-52-45(35)57/h1-27H. The lowest BCUT2D eigenvalue weighted by Gasteiger charge is -2.30. The number of rotatable bonds is 3. The maximum absolute atomic E-state index is 5.27. The fourth-order valence-corrected chi connectivity index (χ4v) is 9.64. The third kappa shape index (κ3) is 3.89. The zero-order valence-electron chi connectivity index (χ0n) is 30.1. The van der Waals surface area contributed by atoms with Crippen molar-refractivity contribution in [1.29, 1.82) is 0 Å². The monoisotopic (exact) mass is 729 g/mol. The Bertz CT molecular complexity index is 3220. The quantitative estimate of drug-likeness (QED) is 0.179. The molecule has 0 amide bonds. The van der Waals surface area contributed by atoms with Crippen molar-refractivity contribution in [3.05, 3.63) is 187 Å². The van der Waals surface area contributed by atoms with Crippen LogP contribution in [0.25, 0.3) is 89.7 Å². The fraction of sp³-hybridized carbons (Fsp3) is 0.0208. The fourth-order valence-electron chi connectivity index (χ4n) is 9.64. The van der Waals surface area contributed by atoms with Crippen molar-refractivity contribution in [3.63, 3.8) is 0 Å². The van der Waals surface area contributed by atoms with E-state index in [9.17, 15) is 0 Å². The minimum Gasteiger partial charge on any atom is -0.245 e. The second-order valence-corrected chi connectivity index (χ2v) is 14.6. The van der Waals surface area contributed by atoms with Crippen LogP contribution in [0, 0.1) is 0 Å². The molecule has 264 valence electrons. The smallest absolute Gasteiger partial charge is 0.242 e. The number of nitrogens with zero attached hydrogens (tertiary/aromatic N) is 9. The molecule has 2 aliphatic rings. The molecule has 0 bridgehead atoms. The highest BCUT2D eigenvalue weighted by molar-refractivity contribution is 6.07. The predicted molar refractivity (Wildman–Crippen MR) is 221 cm³/mol. The van der Waals surface area contributed by atoms with E-state index in [4.69, 9.17) is 34.9 Å². The number of fused-ring (bicyclic) bond motifs is 16. The summed E-state index contributed by atoms with van der Waals surface area (Å²) in [5.74, 6) is 1.29. The molecule has 0 fully saturated rings. The van der Waals surface area contributed by atoms with Crippen molar-refractivity contribution in [2.75, 3.05) is 0 Å². The first kappa shape index (κ1) is 30.4. The van der Waals surface area contributed by atoms with E-state index in [1.54, 1.807) is 24.8 Å². The van der Waals surface area contributed by atoms with Gasteiger partial charge in [0, 0.05) is 51.9 Å². The molecule has 0 aliphatic heterocycles. The van der Waals surface area contributed by atoms with Crippen LogP contribution in [0.1, 0.15) is 22.3 Å². The summed E-state index contributed by atoms with van der Waals surface area (Å²) in [6.07, 6.45) is 7.15. The lowest BCUT2D eigenvalue weighted by atomic mass is 9.70. The first-order valence-corrected chi connectivity index (χ1v) is 18.9. The second-order valence-electron chi connectivity index (χ2n) is 14.6. The van der Waals surface area contributed by atoms with E-state index >= 15 is 0 Å². The van der Waals surface area contributed by atoms with Gasteiger partial charge in [0.1, 0.15) is 22.6 Å². The van der Waals surface area contributed by atoms with Crippen LogP contribution in [0.4, 0.5) is 0 Å². The number of hydrogen-bond donors (Lipinski definition) is 0. The first-order valence-electron chi connectivity index (χ1n) is 18.9. The van der Waals surface area contributed by atoms with E-state index in [0.29, 0.717) is 40.3 Å². The van der Waals surface area contributed by atoms with Gasteiger partial charge in [0.05, 0.1) is 5.41 Å². The predicted octanol–water partition coefficient (Wildman–Crippen LogP) is 9.66. The third-order valence-electron chi connectivity index (χ3n) is 11.8. The van der Waals surface area contributed by atoms with Crippen LogP contribution >= 0.6 is 0 Å². The normalized spacial score (nSPS) is 13.4. The zero-order chi connectivity index (χ0) is 37.2. The molecule has 13 rings (SSSR count). The highest BCUT2D eigenvalue weighted by atomic mass is 15.3. The highest BCUT2D eigenvalue weighted by Gasteiger charge is 2.51. The average molecular weight is 730 g/mol. The Balaban J connectivity index is 1.11. The van der Waals surface area contributed by atoms with E-state index in [2.05, 4.69) is 115 Å². The molecule has 4 aromatic carbocycles.